The Kier molecular flexibility index (Phi) is 5.88. The molecule has 2 amide bonds. The molecular formula is C13H22N2O5S. The normalized spacial score (nSPS) is 20.3. The Bertz CT molecular complexity index is 421. The second-order valence-corrected chi connectivity index (χ2v) is 6.45. The van der Waals surface area contributed by atoms with Crippen molar-refractivity contribution in [3.8, 4) is 0 Å². The van der Waals surface area contributed by atoms with Crippen molar-refractivity contribution in [2.45, 2.75) is 38.8 Å². The number of thiol groups is 1. The average Bonchev–Trinajstić information content (AvgIpc) is 2.66. The van der Waals surface area contributed by atoms with E-state index < -0.39 is 23.7 Å². The number of likely N-dealkylation sites (tertiary alicyclic amines) is 1. The van der Waals surface area contributed by atoms with Gasteiger partial charge < -0.3 is 20.1 Å². The number of hydrogen-bond donors (Lipinski definition) is 3. The van der Waals surface area contributed by atoms with E-state index in [1.54, 1.807) is 20.8 Å². The lowest BCUT2D eigenvalue weighted by Gasteiger charge is -2.24. The van der Waals surface area contributed by atoms with Gasteiger partial charge in [0.25, 0.3) is 0 Å². The van der Waals surface area contributed by atoms with Crippen LogP contribution >= 0.6 is 12.6 Å². The Balaban J connectivity index is 2.60. The fraction of sp³-hybridized carbons (Fsp3) is 0.769. The standard InChI is InChI=1S/C13H22N2O5S/c1-13(2,3)20-12(19)14-9(11(17)18)6-15-5-8(7-21)4-10(15)16/h8-9,21H,4-7H2,1-3H3,(H,14,19)(H,17,18)/t8?,9-/m0/s1. The Morgan fingerprint density at radius 3 is 2.57 bits per heavy atom. The highest BCUT2D eigenvalue weighted by molar-refractivity contribution is 7.80. The molecule has 7 nitrogen and oxygen atoms in total. The van der Waals surface area contributed by atoms with Crippen molar-refractivity contribution in [1.29, 1.82) is 0 Å². The van der Waals surface area contributed by atoms with Gasteiger partial charge in [-0.1, -0.05) is 0 Å². The van der Waals surface area contributed by atoms with E-state index in [0.29, 0.717) is 18.7 Å². The van der Waals surface area contributed by atoms with Gasteiger partial charge in [0.2, 0.25) is 5.91 Å². The summed E-state index contributed by atoms with van der Waals surface area (Å²) in [6, 6.07) is -1.19. The summed E-state index contributed by atoms with van der Waals surface area (Å²) in [6.07, 6.45) is -0.449. The number of nitrogens with one attached hydrogen (secondary N) is 1. The monoisotopic (exact) mass is 318 g/mol. The van der Waals surface area contributed by atoms with E-state index in [1.807, 2.05) is 0 Å². The van der Waals surface area contributed by atoms with Crippen LogP contribution in [0.2, 0.25) is 0 Å². The van der Waals surface area contributed by atoms with E-state index in [4.69, 9.17) is 9.84 Å². The Labute approximate surface area is 129 Å². The van der Waals surface area contributed by atoms with Crippen LogP contribution in [0.25, 0.3) is 0 Å². The van der Waals surface area contributed by atoms with Gasteiger partial charge in [-0.05, 0) is 32.4 Å². The quantitative estimate of drug-likeness (QED) is 0.650. The maximum atomic E-state index is 11.8. The van der Waals surface area contributed by atoms with Crippen molar-refractivity contribution in [3.63, 3.8) is 0 Å². The molecule has 1 heterocycles. The Morgan fingerprint density at radius 2 is 2.14 bits per heavy atom. The number of aliphatic carboxylic acids is 1. The van der Waals surface area contributed by atoms with Crippen molar-refractivity contribution < 1.29 is 24.2 Å². The molecule has 0 radical (unpaired) electrons. The van der Waals surface area contributed by atoms with Crippen molar-refractivity contribution >= 4 is 30.6 Å². The lowest BCUT2D eigenvalue weighted by Crippen LogP contribution is -2.50. The third-order valence-corrected chi connectivity index (χ3v) is 3.46. The number of carbonyl (C=O) groups excluding carboxylic acids is 2. The average molecular weight is 318 g/mol. The summed E-state index contributed by atoms with van der Waals surface area (Å²) in [6.45, 7) is 5.44. The molecule has 0 spiro atoms. The summed E-state index contributed by atoms with van der Waals surface area (Å²) in [5.41, 5.74) is -0.715. The molecule has 1 aliphatic heterocycles. The van der Waals surface area contributed by atoms with Crippen molar-refractivity contribution in [2.24, 2.45) is 5.92 Å². The summed E-state index contributed by atoms with van der Waals surface area (Å²) in [7, 11) is 0. The number of carboxylic acid groups (broad SMARTS) is 1. The minimum atomic E-state index is -1.21. The Hall–Kier alpha value is -1.44. The van der Waals surface area contributed by atoms with Crippen LogP contribution in [-0.4, -0.2) is 58.5 Å². The van der Waals surface area contributed by atoms with Gasteiger partial charge in [-0.2, -0.15) is 12.6 Å². The number of carboxylic acids is 1. The second kappa shape index (κ2) is 7.02. The summed E-state index contributed by atoms with van der Waals surface area (Å²) in [5, 5.41) is 11.4. The molecule has 0 aromatic carbocycles. The highest BCUT2D eigenvalue weighted by Crippen LogP contribution is 2.19. The first-order chi connectivity index (χ1) is 9.62. The van der Waals surface area contributed by atoms with Crippen LogP contribution in [0, 0.1) is 5.92 Å². The number of amides is 2. The fourth-order valence-electron chi connectivity index (χ4n) is 2.01. The van der Waals surface area contributed by atoms with Crippen LogP contribution in [0.1, 0.15) is 27.2 Å². The molecule has 1 unspecified atom stereocenters. The molecule has 2 atom stereocenters. The summed E-state index contributed by atoms with van der Waals surface area (Å²) in [5.74, 6) is -0.634. The third-order valence-electron chi connectivity index (χ3n) is 2.94. The smallest absolute Gasteiger partial charge is 0.408 e. The van der Waals surface area contributed by atoms with Crippen molar-refractivity contribution in [1.82, 2.24) is 10.2 Å². The minimum absolute atomic E-state index is 0.0717. The van der Waals surface area contributed by atoms with Crippen molar-refractivity contribution in [3.05, 3.63) is 0 Å². The maximum absolute atomic E-state index is 11.8. The van der Waals surface area contributed by atoms with Crippen LogP contribution in [0.3, 0.4) is 0 Å². The van der Waals surface area contributed by atoms with Gasteiger partial charge in [0.05, 0.1) is 6.54 Å². The first-order valence-corrected chi connectivity index (χ1v) is 7.36. The summed E-state index contributed by atoms with van der Waals surface area (Å²) >= 11 is 4.15. The molecule has 1 rings (SSSR count). The van der Waals surface area contributed by atoms with E-state index in [-0.39, 0.29) is 18.4 Å². The topological polar surface area (TPSA) is 95.9 Å². The second-order valence-electron chi connectivity index (χ2n) is 6.09. The van der Waals surface area contributed by atoms with E-state index in [2.05, 4.69) is 17.9 Å². The number of carbonyl (C=O) groups is 3. The molecule has 0 bridgehead atoms. The van der Waals surface area contributed by atoms with Gasteiger partial charge in [-0.3, -0.25) is 4.79 Å². The molecule has 2 N–H and O–H groups in total. The van der Waals surface area contributed by atoms with Gasteiger partial charge >= 0.3 is 12.1 Å². The number of alkyl carbamates (subject to hydrolysis) is 1. The van der Waals surface area contributed by atoms with Gasteiger partial charge in [0, 0.05) is 13.0 Å². The largest absolute Gasteiger partial charge is 0.480 e. The molecule has 1 fully saturated rings. The van der Waals surface area contributed by atoms with Crippen LogP contribution in [0.4, 0.5) is 4.79 Å². The molecule has 1 saturated heterocycles. The third kappa shape index (κ3) is 5.82. The molecule has 0 aromatic rings. The maximum Gasteiger partial charge on any atom is 0.408 e. The van der Waals surface area contributed by atoms with Crippen LogP contribution in [0.15, 0.2) is 0 Å². The molecule has 0 saturated carbocycles. The zero-order chi connectivity index (χ0) is 16.2. The van der Waals surface area contributed by atoms with Gasteiger partial charge in [-0.25, -0.2) is 9.59 Å². The molecule has 21 heavy (non-hydrogen) atoms. The lowest BCUT2D eigenvalue weighted by atomic mass is 10.1. The zero-order valence-electron chi connectivity index (χ0n) is 12.5. The lowest BCUT2D eigenvalue weighted by molar-refractivity contribution is -0.140. The number of rotatable bonds is 5. The number of ether oxygens (including phenoxy) is 1. The van der Waals surface area contributed by atoms with E-state index >= 15 is 0 Å². The molecule has 1 aliphatic rings. The number of nitrogens with zero attached hydrogens (tertiary/aromatic N) is 1. The minimum Gasteiger partial charge on any atom is -0.480 e. The molecule has 120 valence electrons. The first kappa shape index (κ1) is 17.6. The molecule has 0 aliphatic carbocycles. The summed E-state index contributed by atoms with van der Waals surface area (Å²) < 4.78 is 5.02. The van der Waals surface area contributed by atoms with E-state index in [9.17, 15) is 14.4 Å². The molecular weight excluding hydrogens is 296 g/mol. The Morgan fingerprint density at radius 1 is 1.52 bits per heavy atom. The zero-order valence-corrected chi connectivity index (χ0v) is 13.4. The van der Waals surface area contributed by atoms with E-state index in [1.165, 1.54) is 4.90 Å². The first-order valence-electron chi connectivity index (χ1n) is 6.73. The predicted octanol–water partition coefficient (Wildman–Crippen LogP) is 0.743. The van der Waals surface area contributed by atoms with Gasteiger partial charge in [0.1, 0.15) is 11.6 Å². The van der Waals surface area contributed by atoms with E-state index in [0.717, 1.165) is 0 Å². The van der Waals surface area contributed by atoms with Crippen molar-refractivity contribution in [2.75, 3.05) is 18.8 Å². The van der Waals surface area contributed by atoms with Crippen LogP contribution in [0.5, 0.6) is 0 Å². The molecule has 0 aromatic heterocycles. The fourth-order valence-corrected chi connectivity index (χ4v) is 2.25. The molecule has 8 heteroatoms. The highest BCUT2D eigenvalue weighted by Gasteiger charge is 2.33. The SMILES string of the molecule is CC(C)(C)OC(=O)N[C@@H](CN1CC(CS)CC1=O)C(=O)O. The van der Waals surface area contributed by atoms with Gasteiger partial charge in [-0.15, -0.1) is 0 Å². The van der Waals surface area contributed by atoms with Crippen LogP contribution < -0.4 is 5.32 Å². The van der Waals surface area contributed by atoms with Gasteiger partial charge in [0.15, 0.2) is 0 Å². The highest BCUT2D eigenvalue weighted by atomic mass is 32.1. The number of hydrogen-bond acceptors (Lipinski definition) is 5. The predicted molar refractivity (Wildman–Crippen MR) is 79.3 cm³/mol. The van der Waals surface area contributed by atoms with Crippen LogP contribution in [-0.2, 0) is 14.3 Å². The summed E-state index contributed by atoms with van der Waals surface area (Å²) in [4.78, 5) is 36.1.